The van der Waals surface area contributed by atoms with Crippen molar-refractivity contribution in [3.05, 3.63) is 71.7 Å². The van der Waals surface area contributed by atoms with E-state index in [2.05, 4.69) is 26.0 Å². The summed E-state index contributed by atoms with van der Waals surface area (Å²) in [6, 6.07) is 7.72. The molecule has 0 saturated heterocycles. The lowest BCUT2D eigenvalue weighted by Gasteiger charge is -2.14. The zero-order valence-electron chi connectivity index (χ0n) is 17.3. The van der Waals surface area contributed by atoms with Gasteiger partial charge in [-0.1, -0.05) is 41.4 Å². The predicted octanol–water partition coefficient (Wildman–Crippen LogP) is 5.04. The van der Waals surface area contributed by atoms with Gasteiger partial charge in [-0.15, -0.1) is 0 Å². The molecule has 0 unspecified atom stereocenters. The Balaban J connectivity index is 2.17. The molecule has 11 heteroatoms. The molecule has 0 saturated carbocycles. The maximum atomic E-state index is 13.2. The lowest BCUT2D eigenvalue weighted by Crippen LogP contribution is -2.23. The van der Waals surface area contributed by atoms with Crippen LogP contribution in [0.1, 0.15) is 44.5 Å². The second-order valence-electron chi connectivity index (χ2n) is 7.00. The first-order valence-corrected chi connectivity index (χ1v) is 10.7. The summed E-state index contributed by atoms with van der Waals surface area (Å²) >= 11 is 9.46. The zero-order valence-corrected chi connectivity index (χ0v) is 19.7. The topological polar surface area (TPSA) is 117 Å². The van der Waals surface area contributed by atoms with E-state index in [1.165, 1.54) is 17.0 Å². The first-order chi connectivity index (χ1) is 15.1. The van der Waals surface area contributed by atoms with Gasteiger partial charge in [-0.3, -0.25) is 19.7 Å². The van der Waals surface area contributed by atoms with Crippen LogP contribution in [0.5, 0.6) is 5.75 Å². The highest BCUT2D eigenvalue weighted by Gasteiger charge is 2.22. The highest BCUT2D eigenvalue weighted by atomic mass is 79.9. The van der Waals surface area contributed by atoms with Crippen molar-refractivity contribution < 1.29 is 14.5 Å². The molecule has 0 aliphatic rings. The van der Waals surface area contributed by atoms with Gasteiger partial charge in [0.2, 0.25) is 5.75 Å². The van der Waals surface area contributed by atoms with Crippen molar-refractivity contribution >= 4 is 56.3 Å². The van der Waals surface area contributed by atoms with Gasteiger partial charge < -0.3 is 4.74 Å². The highest BCUT2D eigenvalue weighted by molar-refractivity contribution is 9.10. The van der Waals surface area contributed by atoms with Crippen LogP contribution < -0.4 is 10.3 Å². The number of halogens is 2. The van der Waals surface area contributed by atoms with Crippen LogP contribution in [0.3, 0.4) is 0 Å². The Morgan fingerprint density at radius 2 is 2.12 bits per heavy atom. The van der Waals surface area contributed by atoms with Crippen molar-refractivity contribution in [3.63, 3.8) is 0 Å². The number of nitro groups is 1. The number of esters is 1. The van der Waals surface area contributed by atoms with Crippen molar-refractivity contribution in [1.29, 1.82) is 0 Å². The van der Waals surface area contributed by atoms with Gasteiger partial charge >= 0.3 is 11.7 Å². The molecule has 3 rings (SSSR count). The molecule has 2 aromatic carbocycles. The van der Waals surface area contributed by atoms with Crippen LogP contribution >= 0.6 is 27.5 Å². The number of nitrogens with zero attached hydrogens (tertiary/aromatic N) is 4. The average Bonchev–Trinajstić information content (AvgIpc) is 2.73. The number of ether oxygens (including phenoxy) is 1. The molecule has 1 atom stereocenters. The fraction of sp³-hybridized carbons (Fsp3) is 0.238. The summed E-state index contributed by atoms with van der Waals surface area (Å²) in [5, 5.41) is 15.9. The monoisotopic (exact) mass is 520 g/mol. The Bertz CT molecular complexity index is 1320. The van der Waals surface area contributed by atoms with Crippen LogP contribution in [0.4, 0.5) is 5.69 Å². The lowest BCUT2D eigenvalue weighted by atomic mass is 10.1. The SMILES string of the molecule is CC[C@H](C)c1nc2ccc(Br)cc2c(=O)n1N=Cc1cc(Cl)c(OC(C)=O)c([N+](=O)[O-])c1. The van der Waals surface area contributed by atoms with Crippen molar-refractivity contribution in [2.45, 2.75) is 33.1 Å². The van der Waals surface area contributed by atoms with Crippen LogP contribution in [0.25, 0.3) is 10.9 Å². The zero-order chi connectivity index (χ0) is 23.6. The molecule has 1 aromatic heterocycles. The van der Waals surface area contributed by atoms with Gasteiger partial charge in [-0.25, -0.2) is 4.98 Å². The van der Waals surface area contributed by atoms with Crippen molar-refractivity contribution in [1.82, 2.24) is 9.66 Å². The summed E-state index contributed by atoms with van der Waals surface area (Å²) in [5.41, 5.74) is -0.0810. The molecule has 1 heterocycles. The van der Waals surface area contributed by atoms with E-state index in [0.29, 0.717) is 16.7 Å². The van der Waals surface area contributed by atoms with Crippen LogP contribution in [0.2, 0.25) is 5.02 Å². The summed E-state index contributed by atoms with van der Waals surface area (Å²) in [6.07, 6.45) is 1.99. The van der Waals surface area contributed by atoms with Gasteiger partial charge in [-0.05, 0) is 30.7 Å². The molecule has 0 spiro atoms. The van der Waals surface area contributed by atoms with Crippen LogP contribution in [-0.2, 0) is 4.79 Å². The Morgan fingerprint density at radius 1 is 1.41 bits per heavy atom. The number of nitro benzene ring substituents is 1. The molecule has 0 N–H and O–H groups in total. The van der Waals surface area contributed by atoms with Gasteiger partial charge in [0.25, 0.3) is 5.56 Å². The van der Waals surface area contributed by atoms with Gasteiger partial charge in [0.15, 0.2) is 0 Å². The molecular formula is C21H18BrClN4O5. The third-order valence-electron chi connectivity index (χ3n) is 4.70. The minimum Gasteiger partial charge on any atom is -0.418 e. The van der Waals surface area contributed by atoms with E-state index in [4.69, 9.17) is 16.3 Å². The van der Waals surface area contributed by atoms with E-state index in [-0.39, 0.29) is 27.8 Å². The average molecular weight is 522 g/mol. The smallest absolute Gasteiger partial charge is 0.313 e. The maximum Gasteiger partial charge on any atom is 0.313 e. The highest BCUT2D eigenvalue weighted by Crippen LogP contribution is 2.36. The first kappa shape index (κ1) is 23.6. The standard InChI is InChI=1S/C21H18BrClN4O5/c1-4-11(2)20-25-17-6-5-14(22)9-15(17)21(29)26(20)24-10-13-7-16(23)19(32-12(3)28)18(8-13)27(30)31/h5-11H,4H2,1-3H3/t11-/m0/s1. The van der Waals surface area contributed by atoms with E-state index >= 15 is 0 Å². The van der Waals surface area contributed by atoms with E-state index in [1.807, 2.05) is 13.8 Å². The Morgan fingerprint density at radius 3 is 2.75 bits per heavy atom. The molecule has 0 radical (unpaired) electrons. The molecule has 32 heavy (non-hydrogen) atoms. The number of carbonyl (C=O) groups is 1. The second kappa shape index (κ2) is 9.58. The summed E-state index contributed by atoms with van der Waals surface area (Å²) in [4.78, 5) is 39.7. The fourth-order valence-corrected chi connectivity index (χ4v) is 3.58. The van der Waals surface area contributed by atoms with Crippen molar-refractivity contribution in [2.75, 3.05) is 0 Å². The molecule has 0 fully saturated rings. The quantitative estimate of drug-likeness (QED) is 0.147. The summed E-state index contributed by atoms with van der Waals surface area (Å²) in [7, 11) is 0. The summed E-state index contributed by atoms with van der Waals surface area (Å²) < 4.78 is 6.78. The fourth-order valence-electron chi connectivity index (χ4n) is 2.96. The largest absolute Gasteiger partial charge is 0.418 e. The molecular weight excluding hydrogens is 504 g/mol. The predicted molar refractivity (Wildman–Crippen MR) is 125 cm³/mol. The number of hydrogen-bond donors (Lipinski definition) is 0. The molecule has 3 aromatic rings. The summed E-state index contributed by atoms with van der Waals surface area (Å²) in [5.74, 6) is -0.705. The number of rotatable bonds is 6. The Kier molecular flexibility index (Phi) is 7.05. The van der Waals surface area contributed by atoms with Crippen LogP contribution in [0.15, 0.2) is 44.7 Å². The lowest BCUT2D eigenvalue weighted by molar-refractivity contribution is -0.385. The van der Waals surface area contributed by atoms with Crippen molar-refractivity contribution in [3.8, 4) is 5.75 Å². The van der Waals surface area contributed by atoms with Gasteiger partial charge in [0, 0.05) is 28.9 Å². The summed E-state index contributed by atoms with van der Waals surface area (Å²) in [6.45, 7) is 5.00. The third kappa shape index (κ3) is 4.86. The van der Waals surface area contributed by atoms with E-state index in [9.17, 15) is 19.7 Å². The molecule has 0 aliphatic carbocycles. The molecule has 0 amide bonds. The number of benzene rings is 2. The van der Waals surface area contributed by atoms with Gasteiger partial charge in [-0.2, -0.15) is 9.78 Å². The normalized spacial score (nSPS) is 12.3. The maximum absolute atomic E-state index is 13.2. The van der Waals surface area contributed by atoms with Crippen molar-refractivity contribution in [2.24, 2.45) is 5.10 Å². The second-order valence-corrected chi connectivity index (χ2v) is 8.33. The number of carbonyl (C=O) groups excluding carboxylic acids is 1. The Labute approximate surface area is 195 Å². The third-order valence-corrected chi connectivity index (χ3v) is 5.47. The number of hydrogen-bond acceptors (Lipinski definition) is 7. The van der Waals surface area contributed by atoms with E-state index in [1.54, 1.807) is 18.2 Å². The number of fused-ring (bicyclic) bond motifs is 1. The Hall–Kier alpha value is -3.11. The number of aromatic nitrogens is 2. The van der Waals surface area contributed by atoms with Gasteiger partial charge in [0.1, 0.15) is 5.82 Å². The molecule has 166 valence electrons. The minimum atomic E-state index is -0.741. The van der Waals surface area contributed by atoms with Crippen LogP contribution in [0, 0.1) is 10.1 Å². The molecule has 0 bridgehead atoms. The molecule has 9 nitrogen and oxygen atoms in total. The van der Waals surface area contributed by atoms with Gasteiger partial charge in [0.05, 0.1) is 27.1 Å². The molecule has 0 aliphatic heterocycles. The van der Waals surface area contributed by atoms with E-state index in [0.717, 1.165) is 23.9 Å². The first-order valence-electron chi connectivity index (χ1n) is 9.55. The van der Waals surface area contributed by atoms with E-state index < -0.39 is 16.6 Å². The van der Waals surface area contributed by atoms with Crippen LogP contribution in [-0.4, -0.2) is 26.8 Å². The minimum absolute atomic E-state index is 0.0721.